The van der Waals surface area contributed by atoms with Crippen molar-refractivity contribution >= 4 is 21.5 Å². The second-order valence-corrected chi connectivity index (χ2v) is 14.4. The molecule has 1 radical (unpaired) electrons. The predicted molar refractivity (Wildman–Crippen MR) is 200 cm³/mol. The summed E-state index contributed by atoms with van der Waals surface area (Å²) in [7, 11) is 0. The third kappa shape index (κ3) is 7.98. The van der Waals surface area contributed by atoms with Crippen LogP contribution in [0.25, 0.3) is 55.2 Å². The van der Waals surface area contributed by atoms with Crippen LogP contribution in [-0.2, 0) is 30.9 Å². The molecule has 0 unspecified atom stereocenters. The SMILES string of the molecule is CC(C)(C)c1ccnc(-c2[c-]cc3ccc4cc(C(C)(C)C)ccc4c3c2)c1.Cc1cccc(-c2cc[c-]c(-c3ccccn3)c2)c1.[Ir]. The molecular formula is C45H42IrN2-2. The van der Waals surface area contributed by atoms with Crippen LogP contribution in [0.2, 0.25) is 0 Å². The van der Waals surface area contributed by atoms with Crippen LogP contribution in [0.3, 0.4) is 0 Å². The number of pyridine rings is 2. The topological polar surface area (TPSA) is 25.8 Å². The van der Waals surface area contributed by atoms with Crippen LogP contribution in [0.1, 0.15) is 58.2 Å². The molecule has 0 atom stereocenters. The quantitative estimate of drug-likeness (QED) is 0.131. The van der Waals surface area contributed by atoms with Crippen molar-refractivity contribution in [3.8, 4) is 33.6 Å². The van der Waals surface area contributed by atoms with E-state index in [1.165, 1.54) is 49.4 Å². The Balaban J connectivity index is 0.000000197. The summed E-state index contributed by atoms with van der Waals surface area (Å²) in [6, 6.07) is 47.2. The summed E-state index contributed by atoms with van der Waals surface area (Å²) in [6.45, 7) is 15.6. The first kappa shape index (κ1) is 34.9. The minimum Gasteiger partial charge on any atom is -0.305 e. The van der Waals surface area contributed by atoms with Crippen molar-refractivity contribution in [3.63, 3.8) is 0 Å². The van der Waals surface area contributed by atoms with Gasteiger partial charge in [-0.15, -0.1) is 59.2 Å². The molecule has 2 nitrogen and oxygen atoms in total. The van der Waals surface area contributed by atoms with Crippen LogP contribution in [0.5, 0.6) is 0 Å². The molecule has 2 heterocycles. The van der Waals surface area contributed by atoms with E-state index in [1.54, 1.807) is 0 Å². The van der Waals surface area contributed by atoms with Gasteiger partial charge in [0.25, 0.3) is 0 Å². The van der Waals surface area contributed by atoms with E-state index in [0.717, 1.165) is 22.5 Å². The fourth-order valence-corrected chi connectivity index (χ4v) is 5.80. The van der Waals surface area contributed by atoms with E-state index in [0.29, 0.717) is 0 Å². The Hall–Kier alpha value is -4.43. The van der Waals surface area contributed by atoms with Gasteiger partial charge in [-0.25, -0.2) is 0 Å². The summed E-state index contributed by atoms with van der Waals surface area (Å²) < 4.78 is 0. The van der Waals surface area contributed by atoms with Crippen LogP contribution in [-0.4, -0.2) is 9.97 Å². The summed E-state index contributed by atoms with van der Waals surface area (Å²) in [5, 5.41) is 5.04. The molecule has 48 heavy (non-hydrogen) atoms. The number of hydrogen-bond donors (Lipinski definition) is 0. The van der Waals surface area contributed by atoms with Crippen molar-refractivity contribution in [2.24, 2.45) is 0 Å². The van der Waals surface area contributed by atoms with Crippen molar-refractivity contribution in [1.29, 1.82) is 0 Å². The van der Waals surface area contributed by atoms with Crippen LogP contribution >= 0.6 is 0 Å². The normalized spacial score (nSPS) is 11.5. The average Bonchev–Trinajstić information content (AvgIpc) is 3.08. The molecule has 0 N–H and O–H groups in total. The fourth-order valence-electron chi connectivity index (χ4n) is 5.80. The van der Waals surface area contributed by atoms with Crippen LogP contribution in [0.15, 0.2) is 128 Å². The Morgan fingerprint density at radius 3 is 1.96 bits per heavy atom. The van der Waals surface area contributed by atoms with Gasteiger partial charge in [0.15, 0.2) is 0 Å². The third-order valence-corrected chi connectivity index (χ3v) is 8.63. The van der Waals surface area contributed by atoms with Gasteiger partial charge in [-0.2, -0.15) is 0 Å². The first-order chi connectivity index (χ1) is 22.5. The maximum absolute atomic E-state index is 4.63. The molecule has 0 aliphatic carbocycles. The molecule has 0 amide bonds. The van der Waals surface area contributed by atoms with Crippen molar-refractivity contribution < 1.29 is 20.1 Å². The number of nitrogens with zero attached hydrogens (tertiary/aromatic N) is 2. The summed E-state index contributed by atoms with van der Waals surface area (Å²) in [6.07, 6.45) is 3.72. The number of aromatic nitrogens is 2. The molecule has 0 spiro atoms. The predicted octanol–water partition coefficient (Wildman–Crippen LogP) is 12.0. The fraction of sp³-hybridized carbons (Fsp3) is 0.200. The zero-order valence-electron chi connectivity index (χ0n) is 28.9. The van der Waals surface area contributed by atoms with Gasteiger partial charge >= 0.3 is 0 Å². The molecule has 0 aliphatic heterocycles. The number of fused-ring (bicyclic) bond motifs is 3. The molecular weight excluding hydrogens is 761 g/mol. The molecule has 3 heteroatoms. The molecule has 0 fully saturated rings. The number of hydrogen-bond acceptors (Lipinski definition) is 2. The van der Waals surface area contributed by atoms with E-state index in [2.05, 4.69) is 162 Å². The van der Waals surface area contributed by atoms with E-state index >= 15 is 0 Å². The summed E-state index contributed by atoms with van der Waals surface area (Å²) in [5.41, 5.74) is 10.6. The second-order valence-electron chi connectivity index (χ2n) is 14.4. The van der Waals surface area contributed by atoms with E-state index in [1.807, 2.05) is 36.7 Å². The average molecular weight is 803 g/mol. The first-order valence-corrected chi connectivity index (χ1v) is 16.3. The van der Waals surface area contributed by atoms with E-state index in [4.69, 9.17) is 0 Å². The molecule has 0 saturated carbocycles. The van der Waals surface area contributed by atoms with Crippen molar-refractivity contribution in [2.75, 3.05) is 0 Å². The van der Waals surface area contributed by atoms with Crippen LogP contribution in [0, 0.1) is 19.1 Å². The number of benzene rings is 5. The number of rotatable bonds is 3. The van der Waals surface area contributed by atoms with Crippen LogP contribution < -0.4 is 0 Å². The minimum atomic E-state index is 0. The summed E-state index contributed by atoms with van der Waals surface area (Å²) >= 11 is 0. The zero-order valence-corrected chi connectivity index (χ0v) is 31.2. The van der Waals surface area contributed by atoms with Crippen molar-refractivity contribution in [2.45, 2.75) is 59.3 Å². The minimum absolute atomic E-state index is 0. The Kier molecular flexibility index (Phi) is 10.4. The molecule has 0 aliphatic rings. The standard InChI is InChI=1S/C27H28N.C18H14N.Ir/c1-26(2,3)21-11-12-23-19(15-21)9-7-18-8-10-20(16-24(18)23)25-17-22(13-14-28-25)27(4,5)6;1-14-6-4-7-15(12-14)16-8-5-9-17(13-16)18-10-2-3-11-19-18;/h7-9,11-17H,1-6H3;2-8,10-13H,1H3;/q2*-1;. The smallest absolute Gasteiger partial charge is 0.0163 e. The Morgan fingerprint density at radius 2 is 1.23 bits per heavy atom. The molecule has 7 aromatic rings. The van der Waals surface area contributed by atoms with E-state index in [9.17, 15) is 0 Å². The molecule has 2 aromatic heterocycles. The first-order valence-electron chi connectivity index (χ1n) is 16.3. The molecule has 7 rings (SSSR count). The maximum atomic E-state index is 4.63. The molecule has 0 saturated heterocycles. The van der Waals surface area contributed by atoms with Gasteiger partial charge in [-0.1, -0.05) is 131 Å². The van der Waals surface area contributed by atoms with Gasteiger partial charge in [-0.05, 0) is 68.7 Å². The van der Waals surface area contributed by atoms with Gasteiger partial charge in [-0.3, -0.25) is 0 Å². The maximum Gasteiger partial charge on any atom is 0.0163 e. The Bertz CT molecular complexity index is 2170. The van der Waals surface area contributed by atoms with Crippen molar-refractivity contribution in [1.82, 2.24) is 9.97 Å². The van der Waals surface area contributed by atoms with Gasteiger partial charge in [0.05, 0.1) is 0 Å². The second kappa shape index (κ2) is 14.4. The van der Waals surface area contributed by atoms with Crippen molar-refractivity contribution in [3.05, 3.63) is 156 Å². The largest absolute Gasteiger partial charge is 0.305 e. The molecule has 5 aromatic carbocycles. The van der Waals surface area contributed by atoms with E-state index in [-0.39, 0.29) is 30.9 Å². The van der Waals surface area contributed by atoms with Gasteiger partial charge in [0, 0.05) is 32.5 Å². The Morgan fingerprint density at radius 1 is 0.521 bits per heavy atom. The summed E-state index contributed by atoms with van der Waals surface area (Å²) in [5.74, 6) is 0. The Labute approximate surface area is 299 Å². The molecule has 243 valence electrons. The number of aryl methyl sites for hydroxylation is 1. The van der Waals surface area contributed by atoms with Gasteiger partial charge in [0.2, 0.25) is 0 Å². The van der Waals surface area contributed by atoms with Gasteiger partial charge < -0.3 is 9.97 Å². The third-order valence-electron chi connectivity index (χ3n) is 8.63. The zero-order chi connectivity index (χ0) is 33.2. The monoisotopic (exact) mass is 803 g/mol. The summed E-state index contributed by atoms with van der Waals surface area (Å²) in [4.78, 5) is 9.00. The van der Waals surface area contributed by atoms with Crippen LogP contribution in [0.4, 0.5) is 0 Å². The van der Waals surface area contributed by atoms with E-state index < -0.39 is 0 Å². The molecule has 0 bridgehead atoms. The van der Waals surface area contributed by atoms with Gasteiger partial charge in [0.1, 0.15) is 0 Å².